The molecule has 0 bridgehead atoms. The summed E-state index contributed by atoms with van der Waals surface area (Å²) in [5.41, 5.74) is 0.626. The van der Waals surface area contributed by atoms with Gasteiger partial charge in [0.05, 0.1) is 0 Å². The van der Waals surface area contributed by atoms with E-state index in [4.69, 9.17) is 0 Å². The molecule has 0 unspecified atom stereocenters. The van der Waals surface area contributed by atoms with Gasteiger partial charge in [0, 0.05) is 37.4 Å². The largest absolute Gasteiger partial charge is 0.366 e. The summed E-state index contributed by atoms with van der Waals surface area (Å²) in [4.78, 5) is 2.02. The standard InChI is InChI=1S/C11H14F2N2/c1-8-7-14-2-3-15(8)11-5-9(12)4-10(13)6-11/h4-6,8,14H,2-3,7H2,1H3/t8-/m0/s1. The smallest absolute Gasteiger partial charge is 0.128 e. The number of piperazine rings is 1. The maximum atomic E-state index is 13.0. The zero-order valence-corrected chi connectivity index (χ0v) is 8.63. The molecule has 1 heterocycles. The van der Waals surface area contributed by atoms with Crippen molar-refractivity contribution in [2.24, 2.45) is 0 Å². The van der Waals surface area contributed by atoms with Crippen LogP contribution in [0, 0.1) is 11.6 Å². The minimum atomic E-state index is -0.518. The van der Waals surface area contributed by atoms with Gasteiger partial charge in [0.2, 0.25) is 0 Å². The molecule has 1 saturated heterocycles. The van der Waals surface area contributed by atoms with Crippen molar-refractivity contribution >= 4 is 5.69 Å². The highest BCUT2D eigenvalue weighted by Gasteiger charge is 2.19. The first-order chi connectivity index (χ1) is 7.16. The lowest BCUT2D eigenvalue weighted by molar-refractivity contribution is 0.497. The van der Waals surface area contributed by atoms with Gasteiger partial charge in [-0.1, -0.05) is 0 Å². The third-order valence-electron chi connectivity index (χ3n) is 2.68. The SMILES string of the molecule is C[C@H]1CNCCN1c1cc(F)cc(F)c1. The van der Waals surface area contributed by atoms with Crippen LogP contribution in [-0.4, -0.2) is 25.7 Å². The van der Waals surface area contributed by atoms with Gasteiger partial charge in [-0.2, -0.15) is 0 Å². The molecular formula is C11H14F2N2. The number of hydrogen-bond acceptors (Lipinski definition) is 2. The first-order valence-corrected chi connectivity index (χ1v) is 5.10. The third kappa shape index (κ3) is 2.26. The third-order valence-corrected chi connectivity index (χ3v) is 2.68. The molecule has 4 heteroatoms. The molecule has 2 nitrogen and oxygen atoms in total. The number of nitrogens with zero attached hydrogens (tertiary/aromatic N) is 1. The fraction of sp³-hybridized carbons (Fsp3) is 0.455. The molecule has 0 spiro atoms. The topological polar surface area (TPSA) is 15.3 Å². The van der Waals surface area contributed by atoms with E-state index in [1.54, 1.807) is 0 Å². The molecule has 1 N–H and O–H groups in total. The highest BCUT2D eigenvalue weighted by molar-refractivity contribution is 5.48. The van der Waals surface area contributed by atoms with E-state index < -0.39 is 11.6 Å². The Morgan fingerprint density at radius 1 is 1.27 bits per heavy atom. The van der Waals surface area contributed by atoms with Crippen molar-refractivity contribution in [1.82, 2.24) is 5.32 Å². The maximum Gasteiger partial charge on any atom is 0.128 e. The van der Waals surface area contributed by atoms with Crippen LogP contribution in [0.4, 0.5) is 14.5 Å². The second-order valence-electron chi connectivity index (χ2n) is 3.87. The average Bonchev–Trinajstić information content (AvgIpc) is 2.16. The number of rotatable bonds is 1. The van der Waals surface area contributed by atoms with Crippen LogP contribution in [0.5, 0.6) is 0 Å². The Morgan fingerprint density at radius 2 is 1.93 bits per heavy atom. The fourth-order valence-electron chi connectivity index (χ4n) is 1.93. The Hall–Kier alpha value is -1.16. The molecule has 1 fully saturated rings. The predicted molar refractivity (Wildman–Crippen MR) is 56.0 cm³/mol. The summed E-state index contributed by atoms with van der Waals surface area (Å²) in [5, 5.41) is 3.23. The first-order valence-electron chi connectivity index (χ1n) is 5.10. The van der Waals surface area contributed by atoms with Gasteiger partial charge < -0.3 is 10.2 Å². The molecule has 0 radical (unpaired) electrons. The molecule has 0 saturated carbocycles. The van der Waals surface area contributed by atoms with Crippen molar-refractivity contribution in [3.8, 4) is 0 Å². The molecule has 2 rings (SSSR count). The van der Waals surface area contributed by atoms with Gasteiger partial charge in [-0.05, 0) is 19.1 Å². The van der Waals surface area contributed by atoms with Gasteiger partial charge in [0.15, 0.2) is 0 Å². The lowest BCUT2D eigenvalue weighted by Crippen LogP contribution is -2.50. The predicted octanol–water partition coefficient (Wildman–Crippen LogP) is 1.76. The van der Waals surface area contributed by atoms with E-state index in [-0.39, 0.29) is 6.04 Å². The van der Waals surface area contributed by atoms with E-state index >= 15 is 0 Å². The molecule has 1 atom stereocenters. The number of anilines is 1. The van der Waals surface area contributed by atoms with E-state index in [1.165, 1.54) is 12.1 Å². The minimum Gasteiger partial charge on any atom is -0.366 e. The first kappa shape index (κ1) is 10.4. The molecule has 0 aliphatic carbocycles. The van der Waals surface area contributed by atoms with Crippen LogP contribution in [0.15, 0.2) is 18.2 Å². The maximum absolute atomic E-state index is 13.0. The summed E-state index contributed by atoms with van der Waals surface area (Å²) in [7, 11) is 0. The summed E-state index contributed by atoms with van der Waals surface area (Å²) in [6.45, 7) is 4.51. The van der Waals surface area contributed by atoms with Gasteiger partial charge >= 0.3 is 0 Å². The second-order valence-corrected chi connectivity index (χ2v) is 3.87. The van der Waals surface area contributed by atoms with Gasteiger partial charge in [-0.3, -0.25) is 0 Å². The Labute approximate surface area is 87.9 Å². The van der Waals surface area contributed by atoms with Gasteiger partial charge in [0.25, 0.3) is 0 Å². The van der Waals surface area contributed by atoms with Gasteiger partial charge in [0.1, 0.15) is 11.6 Å². The number of halogens is 2. The van der Waals surface area contributed by atoms with Crippen LogP contribution in [0.25, 0.3) is 0 Å². The highest BCUT2D eigenvalue weighted by atomic mass is 19.1. The fourth-order valence-corrected chi connectivity index (χ4v) is 1.93. The number of benzene rings is 1. The van der Waals surface area contributed by atoms with Crippen molar-refractivity contribution in [3.05, 3.63) is 29.8 Å². The summed E-state index contributed by atoms with van der Waals surface area (Å²) in [6, 6.07) is 3.92. The number of hydrogen-bond donors (Lipinski definition) is 1. The van der Waals surface area contributed by atoms with E-state index in [0.29, 0.717) is 5.69 Å². The molecule has 1 aromatic carbocycles. The van der Waals surface area contributed by atoms with E-state index in [2.05, 4.69) is 5.32 Å². The van der Waals surface area contributed by atoms with Crippen LogP contribution < -0.4 is 10.2 Å². The molecule has 82 valence electrons. The van der Waals surface area contributed by atoms with E-state index in [0.717, 1.165) is 25.7 Å². The highest BCUT2D eigenvalue weighted by Crippen LogP contribution is 2.20. The Balaban J connectivity index is 2.27. The van der Waals surface area contributed by atoms with Crippen LogP contribution in [0.2, 0.25) is 0 Å². The molecule has 1 aliphatic heterocycles. The summed E-state index contributed by atoms with van der Waals surface area (Å²) >= 11 is 0. The minimum absolute atomic E-state index is 0.264. The molecule has 1 aromatic rings. The Morgan fingerprint density at radius 3 is 2.53 bits per heavy atom. The van der Waals surface area contributed by atoms with Crippen molar-refractivity contribution in [2.45, 2.75) is 13.0 Å². The molecule has 1 aliphatic rings. The van der Waals surface area contributed by atoms with Crippen molar-refractivity contribution in [2.75, 3.05) is 24.5 Å². The Kier molecular flexibility index (Phi) is 2.86. The van der Waals surface area contributed by atoms with Crippen LogP contribution in [-0.2, 0) is 0 Å². The van der Waals surface area contributed by atoms with E-state index in [9.17, 15) is 8.78 Å². The molecular weight excluding hydrogens is 198 g/mol. The average molecular weight is 212 g/mol. The van der Waals surface area contributed by atoms with Crippen molar-refractivity contribution < 1.29 is 8.78 Å². The van der Waals surface area contributed by atoms with Crippen LogP contribution >= 0.6 is 0 Å². The molecule has 15 heavy (non-hydrogen) atoms. The quantitative estimate of drug-likeness (QED) is 0.763. The monoisotopic (exact) mass is 212 g/mol. The molecule has 0 amide bonds. The van der Waals surface area contributed by atoms with Crippen molar-refractivity contribution in [1.29, 1.82) is 0 Å². The second kappa shape index (κ2) is 4.14. The zero-order valence-electron chi connectivity index (χ0n) is 8.63. The molecule has 0 aromatic heterocycles. The Bertz CT molecular complexity index is 334. The zero-order chi connectivity index (χ0) is 10.8. The van der Waals surface area contributed by atoms with Gasteiger partial charge in [-0.25, -0.2) is 8.78 Å². The normalized spacial score (nSPS) is 21.8. The summed E-state index contributed by atoms with van der Waals surface area (Å²) in [5.74, 6) is -1.04. The lowest BCUT2D eigenvalue weighted by atomic mass is 10.1. The lowest BCUT2D eigenvalue weighted by Gasteiger charge is -2.35. The number of nitrogens with one attached hydrogen (secondary N) is 1. The van der Waals surface area contributed by atoms with Gasteiger partial charge in [-0.15, -0.1) is 0 Å². The summed E-state index contributed by atoms with van der Waals surface area (Å²) in [6.07, 6.45) is 0. The van der Waals surface area contributed by atoms with Crippen molar-refractivity contribution in [3.63, 3.8) is 0 Å². The van der Waals surface area contributed by atoms with E-state index in [1.807, 2.05) is 11.8 Å². The van der Waals surface area contributed by atoms with Crippen LogP contribution in [0.1, 0.15) is 6.92 Å². The van der Waals surface area contributed by atoms with Crippen LogP contribution in [0.3, 0.4) is 0 Å². The summed E-state index contributed by atoms with van der Waals surface area (Å²) < 4.78 is 26.1.